The number of aromatic nitrogens is 2. The number of thioether (sulfide) groups is 1. The first kappa shape index (κ1) is 21.4. The van der Waals surface area contributed by atoms with Gasteiger partial charge in [0.1, 0.15) is 27.2 Å². The fourth-order valence-corrected chi connectivity index (χ4v) is 4.79. The van der Waals surface area contributed by atoms with Crippen LogP contribution < -0.4 is 14.8 Å². The SMILES string of the molecule is COc1cc(NC(=O)CSc2nc(C(C)C)nc3sc(C)c(C)c23)cc(OC)c1. The molecule has 0 atom stereocenters. The van der Waals surface area contributed by atoms with Gasteiger partial charge in [0.2, 0.25) is 5.91 Å². The zero-order valence-electron chi connectivity index (χ0n) is 17.5. The average Bonchev–Trinajstić information content (AvgIpc) is 2.99. The van der Waals surface area contributed by atoms with Crippen LogP contribution in [0.5, 0.6) is 11.5 Å². The molecule has 1 N–H and O–H groups in total. The van der Waals surface area contributed by atoms with Crippen molar-refractivity contribution in [3.8, 4) is 11.5 Å². The van der Waals surface area contributed by atoms with Crippen molar-refractivity contribution in [1.82, 2.24) is 9.97 Å². The maximum absolute atomic E-state index is 12.6. The smallest absolute Gasteiger partial charge is 0.234 e. The zero-order valence-corrected chi connectivity index (χ0v) is 19.1. The molecular formula is C21H25N3O3S2. The fraction of sp³-hybridized carbons (Fsp3) is 0.381. The molecule has 2 heterocycles. The first-order valence-electron chi connectivity index (χ1n) is 9.25. The molecule has 0 radical (unpaired) electrons. The summed E-state index contributed by atoms with van der Waals surface area (Å²) in [5.41, 5.74) is 1.81. The Balaban J connectivity index is 1.80. The van der Waals surface area contributed by atoms with Gasteiger partial charge in [0.25, 0.3) is 0 Å². The van der Waals surface area contributed by atoms with Crippen LogP contribution in [0.15, 0.2) is 23.2 Å². The second-order valence-corrected chi connectivity index (χ2v) is 9.11. The molecule has 154 valence electrons. The normalized spacial score (nSPS) is 11.1. The van der Waals surface area contributed by atoms with Crippen molar-refractivity contribution >= 4 is 44.9 Å². The van der Waals surface area contributed by atoms with E-state index < -0.39 is 0 Å². The first-order chi connectivity index (χ1) is 13.8. The summed E-state index contributed by atoms with van der Waals surface area (Å²) in [6, 6.07) is 5.28. The standard InChI is InChI=1S/C21H25N3O3S2/c1-11(2)19-23-20(18-12(3)13(4)29-21(18)24-19)28-10-17(25)22-14-7-15(26-5)9-16(8-14)27-6/h7-9,11H,10H2,1-6H3,(H,22,25). The molecule has 2 aromatic heterocycles. The third-order valence-corrected chi connectivity index (χ3v) is 6.58. The van der Waals surface area contributed by atoms with E-state index in [1.54, 1.807) is 43.8 Å². The number of nitrogens with zero attached hydrogens (tertiary/aromatic N) is 2. The van der Waals surface area contributed by atoms with Crippen LogP contribution in [0.2, 0.25) is 0 Å². The van der Waals surface area contributed by atoms with Crippen LogP contribution in [0, 0.1) is 13.8 Å². The molecule has 0 aliphatic rings. The lowest BCUT2D eigenvalue weighted by atomic mass is 10.2. The van der Waals surface area contributed by atoms with E-state index in [1.807, 2.05) is 0 Å². The van der Waals surface area contributed by atoms with Crippen molar-refractivity contribution in [2.24, 2.45) is 0 Å². The molecule has 3 rings (SSSR count). The highest BCUT2D eigenvalue weighted by Crippen LogP contribution is 2.36. The number of benzene rings is 1. The molecule has 0 aliphatic carbocycles. The van der Waals surface area contributed by atoms with Gasteiger partial charge in [-0.2, -0.15) is 0 Å². The second-order valence-electron chi connectivity index (χ2n) is 6.94. The highest BCUT2D eigenvalue weighted by molar-refractivity contribution is 8.00. The largest absolute Gasteiger partial charge is 0.497 e. The Morgan fingerprint density at radius 1 is 1.14 bits per heavy atom. The van der Waals surface area contributed by atoms with Crippen molar-refractivity contribution in [2.75, 3.05) is 25.3 Å². The highest BCUT2D eigenvalue weighted by Gasteiger charge is 2.17. The van der Waals surface area contributed by atoms with E-state index >= 15 is 0 Å². The van der Waals surface area contributed by atoms with Gasteiger partial charge in [-0.1, -0.05) is 25.6 Å². The van der Waals surface area contributed by atoms with Crippen LogP contribution >= 0.6 is 23.1 Å². The third kappa shape index (κ3) is 4.82. The van der Waals surface area contributed by atoms with Crippen molar-refractivity contribution < 1.29 is 14.3 Å². The zero-order chi connectivity index (χ0) is 21.1. The third-order valence-electron chi connectivity index (χ3n) is 4.50. The van der Waals surface area contributed by atoms with Gasteiger partial charge in [-0.25, -0.2) is 9.97 Å². The van der Waals surface area contributed by atoms with Gasteiger partial charge in [-0.15, -0.1) is 11.3 Å². The van der Waals surface area contributed by atoms with Crippen molar-refractivity contribution in [2.45, 2.75) is 38.6 Å². The molecule has 29 heavy (non-hydrogen) atoms. The number of hydrogen-bond acceptors (Lipinski definition) is 7. The summed E-state index contributed by atoms with van der Waals surface area (Å²) in [7, 11) is 3.15. The molecule has 0 aliphatic heterocycles. The topological polar surface area (TPSA) is 73.3 Å². The van der Waals surface area contributed by atoms with Crippen LogP contribution in [0.3, 0.4) is 0 Å². The van der Waals surface area contributed by atoms with Gasteiger partial charge in [-0.3, -0.25) is 4.79 Å². The van der Waals surface area contributed by atoms with Crippen LogP contribution in [-0.2, 0) is 4.79 Å². The number of carbonyl (C=O) groups excluding carboxylic acids is 1. The maximum atomic E-state index is 12.6. The lowest BCUT2D eigenvalue weighted by Gasteiger charge is -2.11. The lowest BCUT2D eigenvalue weighted by molar-refractivity contribution is -0.113. The highest BCUT2D eigenvalue weighted by atomic mass is 32.2. The molecule has 1 aromatic carbocycles. The Kier molecular flexibility index (Phi) is 6.64. The van der Waals surface area contributed by atoms with Crippen LogP contribution in [0.4, 0.5) is 5.69 Å². The van der Waals surface area contributed by atoms with E-state index in [0.717, 1.165) is 21.1 Å². The number of thiophene rings is 1. The molecule has 0 fully saturated rings. The number of aryl methyl sites for hydroxylation is 2. The Morgan fingerprint density at radius 3 is 2.38 bits per heavy atom. The van der Waals surface area contributed by atoms with E-state index in [-0.39, 0.29) is 17.6 Å². The summed E-state index contributed by atoms with van der Waals surface area (Å²) in [6.45, 7) is 8.32. The maximum Gasteiger partial charge on any atom is 0.234 e. The van der Waals surface area contributed by atoms with E-state index in [4.69, 9.17) is 19.4 Å². The minimum Gasteiger partial charge on any atom is -0.497 e. The van der Waals surface area contributed by atoms with Gasteiger partial charge in [0, 0.05) is 40.1 Å². The Hall–Kier alpha value is -2.32. The number of ether oxygens (including phenoxy) is 2. The Labute approximate surface area is 179 Å². The minimum atomic E-state index is -0.118. The number of rotatable bonds is 7. The number of anilines is 1. The summed E-state index contributed by atoms with van der Waals surface area (Å²) < 4.78 is 10.5. The van der Waals surface area contributed by atoms with Crippen molar-refractivity contribution in [1.29, 1.82) is 0 Å². The van der Waals surface area contributed by atoms with Crippen LogP contribution in [0.1, 0.15) is 36.0 Å². The second kappa shape index (κ2) is 9.00. The molecular weight excluding hydrogens is 406 g/mol. The number of nitrogens with one attached hydrogen (secondary N) is 1. The molecule has 0 unspecified atom stereocenters. The average molecular weight is 432 g/mol. The Bertz CT molecular complexity index is 1030. The summed E-state index contributed by atoms with van der Waals surface area (Å²) in [5.74, 6) is 2.40. The van der Waals surface area contributed by atoms with Gasteiger partial charge in [-0.05, 0) is 19.4 Å². The lowest BCUT2D eigenvalue weighted by Crippen LogP contribution is -2.14. The van der Waals surface area contributed by atoms with E-state index in [1.165, 1.54) is 22.2 Å². The molecule has 3 aromatic rings. The quantitative estimate of drug-likeness (QED) is 0.410. The van der Waals surface area contributed by atoms with E-state index in [0.29, 0.717) is 17.2 Å². The van der Waals surface area contributed by atoms with Crippen molar-refractivity contribution in [3.05, 3.63) is 34.5 Å². The number of amides is 1. The first-order valence-corrected chi connectivity index (χ1v) is 11.1. The molecule has 0 spiro atoms. The van der Waals surface area contributed by atoms with Gasteiger partial charge in [0.05, 0.1) is 20.0 Å². The summed E-state index contributed by atoms with van der Waals surface area (Å²) in [5, 5.41) is 4.82. The van der Waals surface area contributed by atoms with E-state index in [9.17, 15) is 4.79 Å². The molecule has 6 nitrogen and oxygen atoms in total. The summed E-state index contributed by atoms with van der Waals surface area (Å²) >= 11 is 3.11. The molecule has 8 heteroatoms. The minimum absolute atomic E-state index is 0.118. The van der Waals surface area contributed by atoms with E-state index in [2.05, 4.69) is 33.0 Å². The molecule has 0 saturated carbocycles. The number of carbonyl (C=O) groups is 1. The number of methoxy groups -OCH3 is 2. The number of fused-ring (bicyclic) bond motifs is 1. The van der Waals surface area contributed by atoms with Crippen molar-refractivity contribution in [3.63, 3.8) is 0 Å². The predicted molar refractivity (Wildman–Crippen MR) is 120 cm³/mol. The predicted octanol–water partition coefficient (Wildman–Crippen LogP) is 5.18. The molecule has 1 amide bonds. The van der Waals surface area contributed by atoms with Crippen LogP contribution in [-0.4, -0.2) is 35.8 Å². The fourth-order valence-electron chi connectivity index (χ4n) is 2.80. The van der Waals surface area contributed by atoms with Gasteiger partial charge < -0.3 is 14.8 Å². The summed E-state index contributed by atoms with van der Waals surface area (Å²) in [6.07, 6.45) is 0. The molecule has 0 bridgehead atoms. The molecule has 0 saturated heterocycles. The summed E-state index contributed by atoms with van der Waals surface area (Å²) in [4.78, 5) is 24.3. The number of hydrogen-bond donors (Lipinski definition) is 1. The van der Waals surface area contributed by atoms with Gasteiger partial charge >= 0.3 is 0 Å². The Morgan fingerprint density at radius 2 is 1.79 bits per heavy atom. The van der Waals surface area contributed by atoms with Gasteiger partial charge in [0.15, 0.2) is 0 Å². The van der Waals surface area contributed by atoms with Crippen LogP contribution in [0.25, 0.3) is 10.2 Å². The monoisotopic (exact) mass is 431 g/mol.